The predicted octanol–water partition coefficient (Wildman–Crippen LogP) is 6.46. The fraction of sp³-hybridized carbons (Fsp3) is 0.306. The van der Waals surface area contributed by atoms with Crippen molar-refractivity contribution in [3.8, 4) is 11.1 Å². The molecule has 6 aromatic rings. The quantitative estimate of drug-likeness (QED) is 0.106. The molecule has 15 heteroatoms. The number of rotatable bonds is 12. The average molecular weight is 878 g/mol. The molecule has 0 amide bonds. The molecule has 328 valence electrons. The van der Waals surface area contributed by atoms with Gasteiger partial charge < -0.3 is 35.0 Å². The third-order valence-corrected chi connectivity index (χ3v) is 12.4. The smallest absolute Gasteiger partial charge is 0.250 e. The summed E-state index contributed by atoms with van der Waals surface area (Å²) in [5.74, 6) is 3.87. The van der Waals surface area contributed by atoms with E-state index in [4.69, 9.17) is 26.1 Å². The Kier molecular flexibility index (Phi) is 12.2. The van der Waals surface area contributed by atoms with Crippen molar-refractivity contribution in [2.45, 2.75) is 65.4 Å². The molecule has 2 unspecified atom stereocenters. The molecule has 0 bridgehead atoms. The third-order valence-electron chi connectivity index (χ3n) is 12.2. The molecule has 1 saturated heterocycles. The Balaban J connectivity index is 0.872. The highest BCUT2D eigenvalue weighted by molar-refractivity contribution is 6.30. The zero-order valence-electron chi connectivity index (χ0n) is 36.6. The van der Waals surface area contributed by atoms with Crippen molar-refractivity contribution in [2.24, 2.45) is 12.0 Å². The number of hydrogen-bond donors (Lipinski definition) is 4. The van der Waals surface area contributed by atoms with Gasteiger partial charge in [-0.3, -0.25) is 14.7 Å². The number of aliphatic imine (C=N–C) groups is 1. The highest BCUT2D eigenvalue weighted by Crippen LogP contribution is 2.33. The number of allylic oxidation sites excluding steroid dienone is 2. The molecule has 0 saturated carbocycles. The zero-order chi connectivity index (χ0) is 44.5. The number of anilines is 1. The molecule has 9 rings (SSSR count). The van der Waals surface area contributed by atoms with Crippen LogP contribution in [0.25, 0.3) is 27.6 Å². The summed E-state index contributed by atoms with van der Waals surface area (Å²) < 4.78 is 7.04. The average Bonchev–Trinajstić information content (AvgIpc) is 3.63. The Morgan fingerprint density at radius 3 is 2.50 bits per heavy atom. The minimum Gasteiger partial charge on any atom is -0.392 e. The standard InChI is InChI=1S/C49H52ClN11O3/c1-29-46(31(3)64-58-29)37-10-13-42-41(23-37)47(55-32(4)54-42)53-27-35-19-34(24-51-25-35)21-44(30(2)62)60-15-17-61(18-16-60)49-56-43-12-9-36(38-11-14-45(63)59(5)28-38)22-40(43)48(57-49)52-26-33-7-6-8-39(50)20-33/h6-14,19-20,22-25,28,30,43-44,52,62H,15-18,21,26-27H2,1-5H3,(H,56,57)(H,53,54,55)/t30-,43?,44?/m0/s1. The summed E-state index contributed by atoms with van der Waals surface area (Å²) in [6, 6.07) is 19.3. The second-order valence-corrected chi connectivity index (χ2v) is 17.2. The van der Waals surface area contributed by atoms with Gasteiger partial charge in [0.25, 0.3) is 0 Å². The number of piperazine rings is 1. The predicted molar refractivity (Wildman–Crippen MR) is 252 cm³/mol. The van der Waals surface area contributed by atoms with Gasteiger partial charge in [-0.15, -0.1) is 0 Å². The molecule has 3 atom stereocenters. The maximum absolute atomic E-state index is 12.1. The Bertz CT molecular complexity index is 2890. The zero-order valence-corrected chi connectivity index (χ0v) is 37.4. The van der Waals surface area contributed by atoms with Crippen molar-refractivity contribution in [3.05, 3.63) is 164 Å². The number of hydrogen-bond acceptors (Lipinski definition) is 13. The normalized spacial score (nSPS) is 17.4. The van der Waals surface area contributed by atoms with Crippen LogP contribution in [0.3, 0.4) is 0 Å². The molecule has 2 aliphatic heterocycles. The van der Waals surface area contributed by atoms with Crippen LogP contribution in [0.4, 0.5) is 5.82 Å². The minimum atomic E-state index is -0.561. The maximum atomic E-state index is 12.1. The van der Waals surface area contributed by atoms with Gasteiger partial charge in [-0.2, -0.15) is 0 Å². The number of nitrogens with one attached hydrogen (secondary N) is 3. The van der Waals surface area contributed by atoms with E-state index >= 15 is 0 Å². The van der Waals surface area contributed by atoms with Gasteiger partial charge in [0, 0.05) is 98.6 Å². The molecule has 4 aromatic heterocycles. The molecule has 3 aliphatic rings. The summed E-state index contributed by atoms with van der Waals surface area (Å²) in [4.78, 5) is 36.1. The summed E-state index contributed by atoms with van der Waals surface area (Å²) in [6.07, 6.45) is 12.0. The fourth-order valence-corrected chi connectivity index (χ4v) is 9.06. The minimum absolute atomic E-state index is 0.0533. The summed E-state index contributed by atoms with van der Waals surface area (Å²) >= 11 is 6.34. The topological polar surface area (TPSA) is 162 Å². The van der Waals surface area contributed by atoms with Gasteiger partial charge in [-0.1, -0.05) is 53.2 Å². The van der Waals surface area contributed by atoms with Crippen LogP contribution in [-0.4, -0.2) is 89.9 Å². The summed E-state index contributed by atoms with van der Waals surface area (Å²) in [5, 5.41) is 27.8. The molecule has 1 aliphatic carbocycles. The number of aromatic nitrogens is 5. The number of guanidine groups is 1. The third kappa shape index (κ3) is 9.21. The van der Waals surface area contributed by atoms with Crippen LogP contribution >= 0.6 is 11.6 Å². The Morgan fingerprint density at radius 1 is 0.938 bits per heavy atom. The second-order valence-electron chi connectivity index (χ2n) is 16.8. The van der Waals surface area contributed by atoms with E-state index in [-0.39, 0.29) is 17.6 Å². The number of aliphatic hydroxyl groups excluding tert-OH is 1. The Labute approximate surface area is 377 Å². The van der Waals surface area contributed by atoms with Gasteiger partial charge in [0.05, 0.1) is 17.3 Å². The van der Waals surface area contributed by atoms with Crippen LogP contribution in [-0.2, 0) is 26.6 Å². The largest absolute Gasteiger partial charge is 0.392 e. The number of halogens is 1. The molecule has 1 fully saturated rings. The van der Waals surface area contributed by atoms with Crippen LogP contribution in [0.15, 0.2) is 123 Å². The number of nitrogens with zero attached hydrogens (tertiary/aromatic N) is 8. The van der Waals surface area contributed by atoms with E-state index < -0.39 is 6.10 Å². The van der Waals surface area contributed by atoms with E-state index in [1.54, 1.807) is 17.7 Å². The van der Waals surface area contributed by atoms with Crippen LogP contribution in [0, 0.1) is 20.8 Å². The van der Waals surface area contributed by atoms with Crippen molar-refractivity contribution < 1.29 is 9.63 Å². The SMILES string of the molecule is Cc1nc(NCc2cncc(CC([C@H](C)O)N3CCN(C4=NC5C=CC(c6ccc(=O)n(C)c6)=CC5=C(NCc5cccc(Cl)c5)N4)CC3)c2)c2cc(-c3c(C)noc3C)ccc2n1. The van der Waals surface area contributed by atoms with E-state index in [1.165, 1.54) is 0 Å². The monoisotopic (exact) mass is 877 g/mol. The lowest BCUT2D eigenvalue weighted by atomic mass is 9.93. The number of pyridine rings is 2. The van der Waals surface area contributed by atoms with Crippen molar-refractivity contribution in [2.75, 3.05) is 31.5 Å². The second kappa shape index (κ2) is 18.2. The molecular weight excluding hydrogens is 826 g/mol. The molecular formula is C49H52ClN11O3. The summed E-state index contributed by atoms with van der Waals surface area (Å²) in [6.45, 7) is 11.7. The van der Waals surface area contributed by atoms with Crippen molar-refractivity contribution in [1.29, 1.82) is 0 Å². The van der Waals surface area contributed by atoms with Gasteiger partial charge >= 0.3 is 0 Å². The van der Waals surface area contributed by atoms with Crippen LogP contribution in [0.2, 0.25) is 5.02 Å². The molecule has 0 spiro atoms. The van der Waals surface area contributed by atoms with E-state index in [0.29, 0.717) is 30.4 Å². The van der Waals surface area contributed by atoms with Crippen LogP contribution in [0.5, 0.6) is 0 Å². The first-order valence-electron chi connectivity index (χ1n) is 21.7. The lowest BCUT2D eigenvalue weighted by Crippen LogP contribution is -2.58. The highest BCUT2D eigenvalue weighted by atomic mass is 35.5. The summed E-state index contributed by atoms with van der Waals surface area (Å²) in [5.41, 5.74) is 9.70. The van der Waals surface area contributed by atoms with Gasteiger partial charge in [0.15, 0.2) is 0 Å². The van der Waals surface area contributed by atoms with E-state index in [2.05, 4.69) is 71.2 Å². The van der Waals surface area contributed by atoms with Crippen molar-refractivity contribution in [1.82, 2.24) is 45.1 Å². The molecule has 4 N–H and O–H groups in total. The summed E-state index contributed by atoms with van der Waals surface area (Å²) in [7, 11) is 1.76. The van der Waals surface area contributed by atoms with Crippen molar-refractivity contribution >= 4 is 39.9 Å². The van der Waals surface area contributed by atoms with E-state index in [1.807, 2.05) is 88.8 Å². The first-order chi connectivity index (χ1) is 30.9. The van der Waals surface area contributed by atoms with Crippen LogP contribution < -0.4 is 21.5 Å². The first-order valence-corrected chi connectivity index (χ1v) is 22.0. The molecule has 2 aromatic carbocycles. The molecule has 14 nitrogen and oxygen atoms in total. The van der Waals surface area contributed by atoms with Gasteiger partial charge in [0.2, 0.25) is 11.5 Å². The highest BCUT2D eigenvalue weighted by Gasteiger charge is 2.32. The maximum Gasteiger partial charge on any atom is 0.250 e. The molecule has 0 radical (unpaired) electrons. The van der Waals surface area contributed by atoms with Crippen LogP contribution in [0.1, 0.15) is 46.5 Å². The van der Waals surface area contributed by atoms with E-state index in [9.17, 15) is 9.90 Å². The fourth-order valence-electron chi connectivity index (χ4n) is 8.85. The van der Waals surface area contributed by atoms with Gasteiger partial charge in [0.1, 0.15) is 29.3 Å². The molecule has 6 heterocycles. The van der Waals surface area contributed by atoms with Gasteiger partial charge in [-0.05, 0) is 104 Å². The number of fused-ring (bicyclic) bond motifs is 2. The van der Waals surface area contributed by atoms with E-state index in [0.717, 1.165) is 111 Å². The van der Waals surface area contributed by atoms with Crippen molar-refractivity contribution in [3.63, 3.8) is 0 Å². The lowest BCUT2D eigenvalue weighted by molar-refractivity contribution is 0.0391. The number of aryl methyl sites for hydroxylation is 4. The number of aliphatic hydroxyl groups is 1. The Morgan fingerprint density at radius 2 is 1.73 bits per heavy atom. The first kappa shape index (κ1) is 42.7. The van der Waals surface area contributed by atoms with Gasteiger partial charge in [-0.25, -0.2) is 15.0 Å². The number of benzene rings is 2. The Hall–Kier alpha value is -6.61. The lowest BCUT2D eigenvalue weighted by Gasteiger charge is -2.42. The molecule has 64 heavy (non-hydrogen) atoms.